The number of hydrogen-bond acceptors (Lipinski definition) is 5. The van der Waals surface area contributed by atoms with E-state index in [-0.39, 0.29) is 5.91 Å². The number of β-amino-alcohol motifs (C(OH)–C–C–N with tert-alkyl or cyclic N) is 1. The molecule has 2 aliphatic heterocycles. The molecule has 1 amide bonds. The third-order valence-corrected chi connectivity index (χ3v) is 4.69. The lowest BCUT2D eigenvalue weighted by Gasteiger charge is -2.33. The fourth-order valence-electron chi connectivity index (χ4n) is 2.90. The Morgan fingerprint density at radius 2 is 2.20 bits per heavy atom. The Labute approximate surface area is 122 Å². The van der Waals surface area contributed by atoms with Gasteiger partial charge in [-0.3, -0.25) is 9.69 Å². The van der Waals surface area contributed by atoms with Gasteiger partial charge in [-0.1, -0.05) is 0 Å². The number of carbonyl (C=O) groups excluding carboxylic acids is 1. The van der Waals surface area contributed by atoms with Gasteiger partial charge in [0.05, 0.1) is 30.9 Å². The minimum atomic E-state index is -0.775. The zero-order valence-electron chi connectivity index (χ0n) is 11.5. The van der Waals surface area contributed by atoms with Gasteiger partial charge in [0, 0.05) is 31.6 Å². The molecular formula is C14H20N2O3S. The first-order chi connectivity index (χ1) is 9.66. The first-order valence-corrected chi connectivity index (χ1v) is 7.95. The summed E-state index contributed by atoms with van der Waals surface area (Å²) >= 11 is 1.52. The molecule has 0 aliphatic carbocycles. The molecule has 0 saturated carbocycles. The minimum absolute atomic E-state index is 0.0316. The van der Waals surface area contributed by atoms with Crippen LogP contribution in [0.1, 0.15) is 16.8 Å². The number of likely N-dealkylation sites (tertiary alicyclic amines) is 1. The lowest BCUT2D eigenvalue weighted by molar-refractivity contribution is -0.0257. The molecule has 0 unspecified atom stereocenters. The molecule has 0 spiro atoms. The molecule has 1 N–H and O–H groups in total. The van der Waals surface area contributed by atoms with E-state index >= 15 is 0 Å². The smallest absolute Gasteiger partial charge is 0.254 e. The maximum absolute atomic E-state index is 12.3. The monoisotopic (exact) mass is 296 g/mol. The van der Waals surface area contributed by atoms with Gasteiger partial charge in [0.15, 0.2) is 0 Å². The molecule has 1 aromatic heterocycles. The van der Waals surface area contributed by atoms with E-state index in [1.54, 1.807) is 4.90 Å². The number of aliphatic hydroxyl groups is 1. The lowest BCUT2D eigenvalue weighted by Crippen LogP contribution is -2.49. The summed E-state index contributed by atoms with van der Waals surface area (Å²) in [5, 5.41) is 14.5. The van der Waals surface area contributed by atoms with Crippen molar-refractivity contribution in [3.05, 3.63) is 22.4 Å². The van der Waals surface area contributed by atoms with Gasteiger partial charge in [-0.25, -0.2) is 0 Å². The van der Waals surface area contributed by atoms with Crippen molar-refractivity contribution >= 4 is 17.2 Å². The van der Waals surface area contributed by atoms with Gasteiger partial charge in [0.25, 0.3) is 5.91 Å². The highest BCUT2D eigenvalue weighted by Gasteiger charge is 2.39. The summed E-state index contributed by atoms with van der Waals surface area (Å²) in [5.74, 6) is 0.0316. The number of hydrogen-bond donors (Lipinski definition) is 1. The fourth-order valence-corrected chi connectivity index (χ4v) is 3.53. The Balaban J connectivity index is 1.59. The van der Waals surface area contributed by atoms with E-state index in [4.69, 9.17) is 4.74 Å². The third-order valence-electron chi connectivity index (χ3n) is 4.01. The standard InChI is InChI=1S/C14H20N2O3S/c17-13(12-1-8-20-9-12)16-3-2-14(18,11-16)10-15-4-6-19-7-5-15/h1,8-9,18H,2-7,10-11H2/t14-/m1/s1. The van der Waals surface area contributed by atoms with Crippen LogP contribution in [-0.2, 0) is 4.74 Å². The van der Waals surface area contributed by atoms with Crippen LogP contribution in [0, 0.1) is 0 Å². The molecule has 20 heavy (non-hydrogen) atoms. The molecule has 2 saturated heterocycles. The molecule has 1 aromatic rings. The first kappa shape index (κ1) is 14.0. The zero-order chi connectivity index (χ0) is 14.0. The van der Waals surface area contributed by atoms with Crippen LogP contribution in [0.3, 0.4) is 0 Å². The van der Waals surface area contributed by atoms with Gasteiger partial charge in [-0.05, 0) is 17.9 Å². The Morgan fingerprint density at radius 1 is 1.40 bits per heavy atom. The number of nitrogens with zero attached hydrogens (tertiary/aromatic N) is 2. The molecule has 0 aromatic carbocycles. The van der Waals surface area contributed by atoms with Crippen molar-refractivity contribution in [2.45, 2.75) is 12.0 Å². The third kappa shape index (κ3) is 3.03. The summed E-state index contributed by atoms with van der Waals surface area (Å²) in [7, 11) is 0. The maximum Gasteiger partial charge on any atom is 0.254 e. The quantitative estimate of drug-likeness (QED) is 0.890. The van der Waals surface area contributed by atoms with Crippen molar-refractivity contribution < 1.29 is 14.6 Å². The van der Waals surface area contributed by atoms with Gasteiger partial charge in [0.1, 0.15) is 0 Å². The molecule has 6 heteroatoms. The Kier molecular flexibility index (Phi) is 4.07. The number of morpholine rings is 1. The van der Waals surface area contributed by atoms with Gasteiger partial charge in [-0.2, -0.15) is 11.3 Å². The van der Waals surface area contributed by atoms with Crippen LogP contribution in [0.4, 0.5) is 0 Å². The predicted molar refractivity (Wildman–Crippen MR) is 77.0 cm³/mol. The number of thiophene rings is 1. The maximum atomic E-state index is 12.3. The minimum Gasteiger partial charge on any atom is -0.387 e. The van der Waals surface area contributed by atoms with E-state index in [1.807, 2.05) is 16.8 Å². The Bertz CT molecular complexity index is 459. The van der Waals surface area contributed by atoms with Crippen molar-refractivity contribution in [3.8, 4) is 0 Å². The highest BCUT2D eigenvalue weighted by Crippen LogP contribution is 2.25. The number of carbonyl (C=O) groups is 1. The fraction of sp³-hybridized carbons (Fsp3) is 0.643. The van der Waals surface area contributed by atoms with Crippen LogP contribution in [0.5, 0.6) is 0 Å². The van der Waals surface area contributed by atoms with Crippen LogP contribution in [0.2, 0.25) is 0 Å². The molecule has 0 bridgehead atoms. The van der Waals surface area contributed by atoms with Crippen molar-refractivity contribution in [2.24, 2.45) is 0 Å². The zero-order valence-corrected chi connectivity index (χ0v) is 12.3. The summed E-state index contributed by atoms with van der Waals surface area (Å²) in [4.78, 5) is 16.3. The number of ether oxygens (including phenoxy) is 1. The second kappa shape index (κ2) is 5.81. The predicted octanol–water partition coefficient (Wildman–Crippen LogP) is 0.657. The van der Waals surface area contributed by atoms with Crippen LogP contribution in [0.15, 0.2) is 16.8 Å². The van der Waals surface area contributed by atoms with Crippen LogP contribution >= 0.6 is 11.3 Å². The molecule has 5 nitrogen and oxygen atoms in total. The SMILES string of the molecule is O=C(c1ccsc1)N1CC[C@@](O)(CN2CCOCC2)C1. The van der Waals surface area contributed by atoms with Gasteiger partial charge < -0.3 is 14.7 Å². The van der Waals surface area contributed by atoms with E-state index in [2.05, 4.69) is 4.90 Å². The topological polar surface area (TPSA) is 53.0 Å². The number of rotatable bonds is 3. The van der Waals surface area contributed by atoms with Crippen molar-refractivity contribution in [2.75, 3.05) is 45.9 Å². The van der Waals surface area contributed by atoms with E-state index < -0.39 is 5.60 Å². The first-order valence-electron chi connectivity index (χ1n) is 7.00. The number of amides is 1. The van der Waals surface area contributed by atoms with Crippen LogP contribution in [0.25, 0.3) is 0 Å². The lowest BCUT2D eigenvalue weighted by atomic mass is 10.0. The summed E-state index contributed by atoms with van der Waals surface area (Å²) in [6.45, 7) is 4.88. The van der Waals surface area contributed by atoms with Gasteiger partial charge in [0.2, 0.25) is 0 Å². The molecule has 2 fully saturated rings. The molecule has 2 aliphatic rings. The second-order valence-electron chi connectivity index (χ2n) is 5.60. The van der Waals surface area contributed by atoms with Gasteiger partial charge >= 0.3 is 0 Å². The second-order valence-corrected chi connectivity index (χ2v) is 6.38. The molecule has 3 rings (SSSR count). The van der Waals surface area contributed by atoms with Crippen molar-refractivity contribution in [1.82, 2.24) is 9.80 Å². The average Bonchev–Trinajstić information content (AvgIpc) is 3.09. The van der Waals surface area contributed by atoms with E-state index in [1.165, 1.54) is 11.3 Å². The molecular weight excluding hydrogens is 276 g/mol. The summed E-state index contributed by atoms with van der Waals surface area (Å²) in [6, 6.07) is 1.84. The normalized spacial score (nSPS) is 27.9. The summed E-state index contributed by atoms with van der Waals surface area (Å²) < 4.78 is 5.32. The van der Waals surface area contributed by atoms with Crippen molar-refractivity contribution in [3.63, 3.8) is 0 Å². The Hall–Kier alpha value is -0.950. The van der Waals surface area contributed by atoms with Crippen molar-refractivity contribution in [1.29, 1.82) is 0 Å². The highest BCUT2D eigenvalue weighted by atomic mass is 32.1. The van der Waals surface area contributed by atoms with Gasteiger partial charge in [-0.15, -0.1) is 0 Å². The largest absolute Gasteiger partial charge is 0.387 e. The molecule has 1 atom stereocenters. The van der Waals surface area contributed by atoms with Crippen LogP contribution < -0.4 is 0 Å². The molecule has 110 valence electrons. The summed E-state index contributed by atoms with van der Waals surface area (Å²) in [6.07, 6.45) is 0.653. The van der Waals surface area contributed by atoms with E-state index in [0.717, 1.165) is 31.9 Å². The highest BCUT2D eigenvalue weighted by molar-refractivity contribution is 7.08. The molecule has 3 heterocycles. The average molecular weight is 296 g/mol. The summed E-state index contributed by atoms with van der Waals surface area (Å²) in [5.41, 5.74) is -0.0474. The van der Waals surface area contributed by atoms with E-state index in [9.17, 15) is 9.90 Å². The Morgan fingerprint density at radius 3 is 2.90 bits per heavy atom. The van der Waals surface area contributed by atoms with E-state index in [0.29, 0.717) is 26.1 Å². The van der Waals surface area contributed by atoms with Crippen LogP contribution in [-0.4, -0.2) is 72.4 Å². The molecule has 0 radical (unpaired) electrons.